The zero-order chi connectivity index (χ0) is 17.9. The van der Waals surface area contributed by atoms with E-state index in [-0.39, 0.29) is 0 Å². The fourth-order valence-electron chi connectivity index (χ4n) is 3.17. The fourth-order valence-corrected chi connectivity index (χ4v) is 3.35. The molecule has 1 aliphatic heterocycles. The second-order valence-electron chi connectivity index (χ2n) is 6.64. The number of halogens is 1. The molecule has 0 radical (unpaired) electrons. The first-order valence-electron chi connectivity index (χ1n) is 9.23. The number of ether oxygens (including phenoxy) is 1. The number of hydrogen-bond donors (Lipinski definition) is 0. The van der Waals surface area contributed by atoms with E-state index in [0.717, 1.165) is 50.2 Å². The third-order valence-electron chi connectivity index (χ3n) is 4.65. The Bertz CT molecular complexity index is 769. The van der Waals surface area contributed by atoms with Gasteiger partial charge in [-0.25, -0.2) is 15.0 Å². The van der Waals surface area contributed by atoms with Crippen LogP contribution in [0.25, 0.3) is 0 Å². The van der Waals surface area contributed by atoms with Crippen molar-refractivity contribution < 1.29 is 4.74 Å². The molecule has 0 amide bonds. The highest BCUT2D eigenvalue weighted by molar-refractivity contribution is 6.29. The Hall–Kier alpha value is -2.15. The maximum Gasteiger partial charge on any atom is 0.228 e. The monoisotopic (exact) mass is 374 g/mol. The average molecular weight is 375 g/mol. The Morgan fingerprint density at radius 2 is 1.92 bits per heavy atom. The Morgan fingerprint density at radius 3 is 2.73 bits per heavy atom. The summed E-state index contributed by atoms with van der Waals surface area (Å²) < 4.78 is 5.49. The lowest BCUT2D eigenvalue weighted by Crippen LogP contribution is -2.32. The van der Waals surface area contributed by atoms with Crippen LogP contribution in [0.1, 0.15) is 37.9 Å². The number of nitrogens with zero attached hydrogens (tertiary/aromatic N) is 6. The van der Waals surface area contributed by atoms with Crippen LogP contribution in [0.2, 0.25) is 5.15 Å². The minimum absolute atomic E-state index is 0.491. The van der Waals surface area contributed by atoms with Gasteiger partial charge in [0.2, 0.25) is 11.8 Å². The van der Waals surface area contributed by atoms with E-state index in [1.807, 2.05) is 13.0 Å². The van der Waals surface area contributed by atoms with Crippen LogP contribution in [0.3, 0.4) is 0 Å². The van der Waals surface area contributed by atoms with Crippen molar-refractivity contribution in [3.05, 3.63) is 29.3 Å². The van der Waals surface area contributed by atoms with Crippen LogP contribution in [0.5, 0.6) is 5.88 Å². The van der Waals surface area contributed by atoms with Gasteiger partial charge in [0.1, 0.15) is 16.8 Å². The fraction of sp³-hybridized carbons (Fsp3) is 0.556. The normalized spacial score (nSPS) is 17.9. The van der Waals surface area contributed by atoms with E-state index in [4.69, 9.17) is 21.3 Å². The molecule has 1 saturated heterocycles. The first-order valence-corrected chi connectivity index (χ1v) is 9.61. The molecule has 26 heavy (non-hydrogen) atoms. The zero-order valence-corrected chi connectivity index (χ0v) is 15.7. The van der Waals surface area contributed by atoms with Crippen molar-refractivity contribution in [2.75, 3.05) is 42.6 Å². The van der Waals surface area contributed by atoms with Crippen molar-refractivity contribution in [3.8, 4) is 5.88 Å². The second kappa shape index (κ2) is 7.61. The summed E-state index contributed by atoms with van der Waals surface area (Å²) in [4.78, 5) is 22.6. The number of anilines is 2. The van der Waals surface area contributed by atoms with Crippen LogP contribution in [0, 0.1) is 0 Å². The van der Waals surface area contributed by atoms with Crippen LogP contribution >= 0.6 is 11.6 Å². The van der Waals surface area contributed by atoms with Gasteiger partial charge < -0.3 is 14.5 Å². The molecular weight excluding hydrogens is 352 g/mol. The summed E-state index contributed by atoms with van der Waals surface area (Å²) in [6.45, 7) is 6.06. The molecule has 2 fully saturated rings. The summed E-state index contributed by atoms with van der Waals surface area (Å²) >= 11 is 6.23. The molecule has 3 heterocycles. The topological polar surface area (TPSA) is 67.3 Å². The van der Waals surface area contributed by atoms with Crippen molar-refractivity contribution in [1.82, 2.24) is 19.9 Å². The highest BCUT2D eigenvalue weighted by atomic mass is 35.5. The van der Waals surface area contributed by atoms with Gasteiger partial charge in [0.15, 0.2) is 0 Å². The van der Waals surface area contributed by atoms with E-state index in [2.05, 4.69) is 24.8 Å². The SMILES string of the molecule is CCOc1ccnc(N2CCCN(c3cc(Cl)nc(C4CC4)n3)CC2)n1. The summed E-state index contributed by atoms with van der Waals surface area (Å²) in [5.74, 6) is 3.65. The molecule has 7 nitrogen and oxygen atoms in total. The first-order chi connectivity index (χ1) is 12.7. The van der Waals surface area contributed by atoms with E-state index >= 15 is 0 Å². The molecule has 4 rings (SSSR count). The smallest absolute Gasteiger partial charge is 0.228 e. The lowest BCUT2D eigenvalue weighted by atomic mass is 10.3. The van der Waals surface area contributed by atoms with Gasteiger partial charge in [0, 0.05) is 50.4 Å². The molecule has 0 aromatic carbocycles. The summed E-state index contributed by atoms with van der Waals surface area (Å²) in [6.07, 6.45) is 5.09. The minimum Gasteiger partial charge on any atom is -0.478 e. The first kappa shape index (κ1) is 17.3. The molecule has 2 aromatic rings. The quantitative estimate of drug-likeness (QED) is 0.745. The molecule has 0 bridgehead atoms. The number of rotatable bonds is 5. The zero-order valence-electron chi connectivity index (χ0n) is 14.9. The molecule has 0 spiro atoms. The van der Waals surface area contributed by atoms with E-state index in [9.17, 15) is 0 Å². The summed E-state index contributed by atoms with van der Waals surface area (Å²) in [5.41, 5.74) is 0. The molecular formula is C18H23ClN6O. The van der Waals surface area contributed by atoms with E-state index in [1.165, 1.54) is 12.8 Å². The van der Waals surface area contributed by atoms with Gasteiger partial charge in [-0.15, -0.1) is 0 Å². The molecule has 1 saturated carbocycles. The van der Waals surface area contributed by atoms with Gasteiger partial charge in [-0.1, -0.05) is 11.6 Å². The Labute approximate surface area is 158 Å². The number of hydrogen-bond acceptors (Lipinski definition) is 7. The van der Waals surface area contributed by atoms with Gasteiger partial charge >= 0.3 is 0 Å². The molecule has 0 unspecified atom stereocenters. The van der Waals surface area contributed by atoms with Crippen molar-refractivity contribution >= 4 is 23.4 Å². The van der Waals surface area contributed by atoms with Crippen molar-refractivity contribution in [2.45, 2.75) is 32.1 Å². The molecule has 1 aliphatic carbocycles. The minimum atomic E-state index is 0.491. The van der Waals surface area contributed by atoms with Gasteiger partial charge in [0.25, 0.3) is 0 Å². The summed E-state index contributed by atoms with van der Waals surface area (Å²) in [6, 6.07) is 3.66. The van der Waals surface area contributed by atoms with Crippen LogP contribution in [0.15, 0.2) is 18.3 Å². The standard InChI is InChI=1S/C18H23ClN6O/c1-2-26-16-6-7-20-18(23-16)25-9-3-8-24(10-11-25)15-12-14(19)21-17(22-15)13-4-5-13/h6-7,12-13H,2-5,8-11H2,1H3. The third-order valence-corrected chi connectivity index (χ3v) is 4.85. The van der Waals surface area contributed by atoms with E-state index in [1.54, 1.807) is 12.3 Å². The molecule has 0 atom stereocenters. The van der Waals surface area contributed by atoms with E-state index in [0.29, 0.717) is 23.6 Å². The third kappa shape index (κ3) is 3.98. The second-order valence-corrected chi connectivity index (χ2v) is 7.02. The Morgan fingerprint density at radius 1 is 1.12 bits per heavy atom. The van der Waals surface area contributed by atoms with Crippen molar-refractivity contribution in [3.63, 3.8) is 0 Å². The molecule has 138 valence electrons. The Balaban J connectivity index is 1.47. The maximum absolute atomic E-state index is 6.23. The molecule has 2 aliphatic rings. The Kier molecular flexibility index (Phi) is 5.06. The van der Waals surface area contributed by atoms with Gasteiger partial charge in [-0.2, -0.15) is 4.98 Å². The van der Waals surface area contributed by atoms with Crippen molar-refractivity contribution in [1.29, 1.82) is 0 Å². The van der Waals surface area contributed by atoms with E-state index < -0.39 is 0 Å². The highest BCUT2D eigenvalue weighted by Crippen LogP contribution is 2.39. The summed E-state index contributed by atoms with van der Waals surface area (Å²) in [5, 5.41) is 0.533. The van der Waals surface area contributed by atoms with Crippen LogP contribution in [-0.4, -0.2) is 52.7 Å². The molecule has 2 aromatic heterocycles. The van der Waals surface area contributed by atoms with Crippen LogP contribution in [0.4, 0.5) is 11.8 Å². The van der Waals surface area contributed by atoms with Gasteiger partial charge in [0.05, 0.1) is 6.61 Å². The van der Waals surface area contributed by atoms with Gasteiger partial charge in [-0.3, -0.25) is 0 Å². The predicted octanol–water partition coefficient (Wildman–Crippen LogP) is 2.91. The van der Waals surface area contributed by atoms with Crippen LogP contribution in [-0.2, 0) is 0 Å². The van der Waals surface area contributed by atoms with Gasteiger partial charge in [-0.05, 0) is 26.2 Å². The number of aromatic nitrogens is 4. The van der Waals surface area contributed by atoms with Crippen LogP contribution < -0.4 is 14.5 Å². The highest BCUT2D eigenvalue weighted by Gasteiger charge is 2.28. The van der Waals surface area contributed by atoms with Crippen molar-refractivity contribution in [2.24, 2.45) is 0 Å². The lowest BCUT2D eigenvalue weighted by Gasteiger charge is -2.23. The maximum atomic E-state index is 6.23. The molecule has 8 heteroatoms. The lowest BCUT2D eigenvalue weighted by molar-refractivity contribution is 0.326. The largest absolute Gasteiger partial charge is 0.478 e. The molecule has 0 N–H and O–H groups in total. The average Bonchev–Trinajstić information content (AvgIpc) is 3.48. The summed E-state index contributed by atoms with van der Waals surface area (Å²) in [7, 11) is 0. The predicted molar refractivity (Wildman–Crippen MR) is 101 cm³/mol.